The Morgan fingerprint density at radius 2 is 1.81 bits per heavy atom. The third-order valence-corrected chi connectivity index (χ3v) is 5.47. The highest BCUT2D eigenvalue weighted by Gasteiger charge is 2.34. The largest absolute Gasteiger partial charge is 0.351 e. The highest BCUT2D eigenvalue weighted by molar-refractivity contribution is 5.87. The molecule has 0 aromatic heterocycles. The van der Waals surface area contributed by atoms with Gasteiger partial charge in [0.25, 0.3) is 0 Å². The fraction of sp³-hybridized carbons (Fsp3) is 0.409. The van der Waals surface area contributed by atoms with E-state index in [0.29, 0.717) is 5.92 Å². The normalized spacial score (nSPS) is 21.1. The minimum Gasteiger partial charge on any atom is -0.351 e. The van der Waals surface area contributed by atoms with Gasteiger partial charge in [-0.25, -0.2) is 0 Å². The summed E-state index contributed by atoms with van der Waals surface area (Å²) in [5, 5.41) is 3.15. The minimum absolute atomic E-state index is 0.106. The number of amides is 1. The topological polar surface area (TPSA) is 58.4 Å². The molecule has 0 aliphatic carbocycles. The third kappa shape index (κ3) is 4.32. The summed E-state index contributed by atoms with van der Waals surface area (Å²) in [7, 11) is 0. The van der Waals surface area contributed by atoms with E-state index in [4.69, 9.17) is 5.73 Å². The molecule has 1 fully saturated rings. The second kappa shape index (κ2) is 8.02. The SMILES string of the molecule is CC(NC(=O)C(C)(N)c1ccccc1)C1CCN(Cc2ccccc2)C1. The lowest BCUT2D eigenvalue weighted by atomic mass is 9.91. The van der Waals surface area contributed by atoms with Crippen LogP contribution in [0, 0.1) is 5.92 Å². The second-order valence-corrected chi connectivity index (χ2v) is 7.60. The Hall–Kier alpha value is -2.17. The molecule has 1 aliphatic rings. The molecule has 2 aromatic rings. The van der Waals surface area contributed by atoms with E-state index in [9.17, 15) is 4.79 Å². The van der Waals surface area contributed by atoms with E-state index in [0.717, 1.165) is 31.6 Å². The number of likely N-dealkylation sites (tertiary alicyclic amines) is 1. The molecule has 2 aromatic carbocycles. The molecule has 4 heteroatoms. The predicted octanol–water partition coefficient (Wildman–Crippen LogP) is 2.89. The zero-order chi connectivity index (χ0) is 18.6. The van der Waals surface area contributed by atoms with Gasteiger partial charge in [-0.3, -0.25) is 9.69 Å². The van der Waals surface area contributed by atoms with E-state index < -0.39 is 5.54 Å². The van der Waals surface area contributed by atoms with Crippen molar-refractivity contribution < 1.29 is 4.79 Å². The molecular weight excluding hydrogens is 322 g/mol. The van der Waals surface area contributed by atoms with Crippen LogP contribution in [0.15, 0.2) is 60.7 Å². The number of nitrogens with zero attached hydrogens (tertiary/aromatic N) is 1. The van der Waals surface area contributed by atoms with Gasteiger partial charge in [-0.2, -0.15) is 0 Å². The zero-order valence-corrected chi connectivity index (χ0v) is 15.7. The van der Waals surface area contributed by atoms with Crippen LogP contribution in [0.1, 0.15) is 31.4 Å². The van der Waals surface area contributed by atoms with Gasteiger partial charge in [0.1, 0.15) is 5.54 Å². The maximum atomic E-state index is 12.8. The fourth-order valence-electron chi connectivity index (χ4n) is 3.65. The van der Waals surface area contributed by atoms with Crippen LogP contribution in [0.25, 0.3) is 0 Å². The molecule has 0 saturated carbocycles. The summed E-state index contributed by atoms with van der Waals surface area (Å²) >= 11 is 0. The standard InChI is InChI=1S/C22H29N3O/c1-17(24-21(26)22(2,23)20-11-7-4-8-12-20)19-13-14-25(16-19)15-18-9-5-3-6-10-18/h3-12,17,19H,13-16,23H2,1-2H3,(H,24,26). The summed E-state index contributed by atoms with van der Waals surface area (Å²) in [5.41, 5.74) is 7.49. The molecule has 3 atom stereocenters. The Balaban J connectivity index is 1.55. The third-order valence-electron chi connectivity index (χ3n) is 5.47. The Morgan fingerprint density at radius 1 is 1.19 bits per heavy atom. The van der Waals surface area contributed by atoms with Crippen molar-refractivity contribution in [1.82, 2.24) is 10.2 Å². The van der Waals surface area contributed by atoms with Gasteiger partial charge in [0.15, 0.2) is 0 Å². The van der Waals surface area contributed by atoms with Gasteiger partial charge < -0.3 is 11.1 Å². The smallest absolute Gasteiger partial charge is 0.244 e. The van der Waals surface area contributed by atoms with E-state index in [1.54, 1.807) is 6.92 Å². The van der Waals surface area contributed by atoms with Gasteiger partial charge in [0, 0.05) is 19.1 Å². The molecule has 1 saturated heterocycles. The first kappa shape index (κ1) is 18.6. The van der Waals surface area contributed by atoms with Crippen molar-refractivity contribution in [2.75, 3.05) is 13.1 Å². The number of nitrogens with one attached hydrogen (secondary N) is 1. The Bertz CT molecular complexity index is 715. The van der Waals surface area contributed by atoms with Crippen LogP contribution in [-0.2, 0) is 16.9 Å². The van der Waals surface area contributed by atoms with Gasteiger partial charge in [0.05, 0.1) is 0 Å². The van der Waals surface area contributed by atoms with Crippen LogP contribution in [0.5, 0.6) is 0 Å². The Kier molecular flexibility index (Phi) is 5.74. The average Bonchev–Trinajstić information content (AvgIpc) is 3.12. The maximum Gasteiger partial charge on any atom is 0.244 e. The van der Waals surface area contributed by atoms with E-state index in [2.05, 4.69) is 41.4 Å². The summed E-state index contributed by atoms with van der Waals surface area (Å²) in [6.07, 6.45) is 1.10. The number of hydrogen-bond acceptors (Lipinski definition) is 3. The van der Waals surface area contributed by atoms with Gasteiger partial charge in [0.2, 0.25) is 5.91 Å². The summed E-state index contributed by atoms with van der Waals surface area (Å²) < 4.78 is 0. The average molecular weight is 351 g/mol. The van der Waals surface area contributed by atoms with Crippen molar-refractivity contribution in [2.45, 2.75) is 38.4 Å². The second-order valence-electron chi connectivity index (χ2n) is 7.60. The molecule has 3 rings (SSSR count). The van der Waals surface area contributed by atoms with E-state index >= 15 is 0 Å². The van der Waals surface area contributed by atoms with Crippen molar-refractivity contribution >= 4 is 5.91 Å². The minimum atomic E-state index is -1.02. The molecule has 4 nitrogen and oxygen atoms in total. The molecule has 3 N–H and O–H groups in total. The summed E-state index contributed by atoms with van der Waals surface area (Å²) in [6, 6.07) is 20.2. The molecule has 26 heavy (non-hydrogen) atoms. The van der Waals surface area contributed by atoms with Crippen molar-refractivity contribution in [3.05, 3.63) is 71.8 Å². The molecule has 0 bridgehead atoms. The molecule has 1 amide bonds. The van der Waals surface area contributed by atoms with Crippen LogP contribution in [0.2, 0.25) is 0 Å². The molecule has 0 radical (unpaired) electrons. The highest BCUT2D eigenvalue weighted by atomic mass is 16.2. The summed E-state index contributed by atoms with van der Waals surface area (Å²) in [5.74, 6) is 0.340. The maximum absolute atomic E-state index is 12.8. The van der Waals surface area contributed by atoms with Gasteiger partial charge in [-0.1, -0.05) is 60.7 Å². The summed E-state index contributed by atoms with van der Waals surface area (Å²) in [6.45, 7) is 6.91. The first-order chi connectivity index (χ1) is 12.5. The van der Waals surface area contributed by atoms with Crippen LogP contribution in [0.3, 0.4) is 0 Å². The molecule has 1 heterocycles. The van der Waals surface area contributed by atoms with Crippen molar-refractivity contribution in [3.8, 4) is 0 Å². The lowest BCUT2D eigenvalue weighted by Gasteiger charge is -2.28. The Morgan fingerprint density at radius 3 is 2.46 bits per heavy atom. The van der Waals surface area contributed by atoms with E-state index in [-0.39, 0.29) is 11.9 Å². The number of carbonyl (C=O) groups excluding carboxylic acids is 1. The van der Waals surface area contributed by atoms with E-state index in [1.165, 1.54) is 5.56 Å². The number of rotatable bonds is 6. The number of carbonyl (C=O) groups is 1. The first-order valence-electron chi connectivity index (χ1n) is 9.38. The molecular formula is C22H29N3O. The van der Waals surface area contributed by atoms with Crippen LogP contribution < -0.4 is 11.1 Å². The van der Waals surface area contributed by atoms with Crippen LogP contribution in [0.4, 0.5) is 0 Å². The van der Waals surface area contributed by atoms with Crippen molar-refractivity contribution in [2.24, 2.45) is 11.7 Å². The molecule has 138 valence electrons. The van der Waals surface area contributed by atoms with Gasteiger partial charge >= 0.3 is 0 Å². The Labute approximate surface area is 156 Å². The zero-order valence-electron chi connectivity index (χ0n) is 15.7. The lowest BCUT2D eigenvalue weighted by Crippen LogP contribution is -2.53. The first-order valence-corrected chi connectivity index (χ1v) is 9.38. The quantitative estimate of drug-likeness (QED) is 0.841. The van der Waals surface area contributed by atoms with Crippen LogP contribution >= 0.6 is 0 Å². The van der Waals surface area contributed by atoms with Gasteiger partial charge in [-0.15, -0.1) is 0 Å². The summed E-state index contributed by atoms with van der Waals surface area (Å²) in [4.78, 5) is 15.2. The molecule has 0 spiro atoms. The van der Waals surface area contributed by atoms with Crippen LogP contribution in [-0.4, -0.2) is 29.9 Å². The number of hydrogen-bond donors (Lipinski definition) is 2. The number of nitrogens with two attached hydrogens (primary N) is 1. The lowest BCUT2D eigenvalue weighted by molar-refractivity contribution is -0.127. The van der Waals surface area contributed by atoms with Crippen molar-refractivity contribution in [1.29, 1.82) is 0 Å². The van der Waals surface area contributed by atoms with Gasteiger partial charge in [-0.05, 0) is 43.9 Å². The predicted molar refractivity (Wildman–Crippen MR) is 105 cm³/mol. The van der Waals surface area contributed by atoms with Crippen molar-refractivity contribution in [3.63, 3.8) is 0 Å². The number of benzene rings is 2. The van der Waals surface area contributed by atoms with E-state index in [1.807, 2.05) is 36.4 Å². The monoisotopic (exact) mass is 351 g/mol. The fourth-order valence-corrected chi connectivity index (χ4v) is 3.65. The molecule has 3 unspecified atom stereocenters. The molecule has 1 aliphatic heterocycles. The highest BCUT2D eigenvalue weighted by Crippen LogP contribution is 2.23.